The zero-order valence-corrected chi connectivity index (χ0v) is 13.9. The second-order valence-electron chi connectivity index (χ2n) is 4.98. The Balaban J connectivity index is 2.24. The minimum absolute atomic E-state index is 0.164. The highest BCUT2D eigenvalue weighted by atomic mass is 79.9. The lowest BCUT2D eigenvalue weighted by atomic mass is 10.1. The number of amides is 1. The van der Waals surface area contributed by atoms with E-state index in [0.717, 1.165) is 6.07 Å². The van der Waals surface area contributed by atoms with Crippen molar-refractivity contribution in [2.45, 2.75) is 30.7 Å². The molecule has 8 heteroatoms. The van der Waals surface area contributed by atoms with Gasteiger partial charge in [0.15, 0.2) is 0 Å². The van der Waals surface area contributed by atoms with Crippen LogP contribution in [0.5, 0.6) is 0 Å². The Morgan fingerprint density at radius 1 is 1.48 bits per heavy atom. The molecule has 1 N–H and O–H groups in total. The van der Waals surface area contributed by atoms with E-state index in [0.29, 0.717) is 23.9 Å². The third-order valence-electron chi connectivity index (χ3n) is 3.30. The first-order valence-corrected chi connectivity index (χ1v) is 8.76. The van der Waals surface area contributed by atoms with Crippen molar-refractivity contribution in [3.05, 3.63) is 28.5 Å². The van der Waals surface area contributed by atoms with E-state index in [4.69, 9.17) is 0 Å². The average Bonchev–Trinajstić information content (AvgIpc) is 2.37. The zero-order chi connectivity index (χ0) is 15.6. The number of benzene rings is 1. The van der Waals surface area contributed by atoms with Crippen LogP contribution in [0.15, 0.2) is 27.6 Å². The molecule has 1 fully saturated rings. The maximum absolute atomic E-state index is 13.9. The van der Waals surface area contributed by atoms with Crippen molar-refractivity contribution in [3.8, 4) is 0 Å². The molecule has 21 heavy (non-hydrogen) atoms. The minimum atomic E-state index is -3.89. The molecule has 1 aliphatic rings. The molecule has 0 aliphatic carbocycles. The molecule has 1 aromatic rings. The summed E-state index contributed by atoms with van der Waals surface area (Å²) in [4.78, 5) is 10.7. The van der Waals surface area contributed by atoms with Gasteiger partial charge in [0, 0.05) is 30.5 Å². The number of rotatable bonds is 3. The highest BCUT2D eigenvalue weighted by Gasteiger charge is 2.32. The summed E-state index contributed by atoms with van der Waals surface area (Å²) in [6.45, 7) is 1.88. The number of carbonyl (C=O) groups is 1. The van der Waals surface area contributed by atoms with Crippen molar-refractivity contribution >= 4 is 31.9 Å². The fourth-order valence-corrected chi connectivity index (χ4v) is 4.29. The highest BCUT2D eigenvalue weighted by Crippen LogP contribution is 2.25. The van der Waals surface area contributed by atoms with Crippen LogP contribution in [-0.4, -0.2) is 37.8 Å². The molecule has 1 aliphatic heterocycles. The number of nitrogens with zero attached hydrogens (tertiary/aromatic N) is 1. The number of carbonyl (C=O) groups excluding carboxylic acids is 1. The quantitative estimate of drug-likeness (QED) is 0.872. The fraction of sp³-hybridized carbons (Fsp3) is 0.462. The van der Waals surface area contributed by atoms with Crippen LogP contribution in [0, 0.1) is 5.82 Å². The Hall–Kier alpha value is -0.990. The molecular weight excluding hydrogens is 363 g/mol. The van der Waals surface area contributed by atoms with Crippen LogP contribution in [0.2, 0.25) is 0 Å². The van der Waals surface area contributed by atoms with E-state index in [1.165, 1.54) is 23.4 Å². The Bertz CT molecular complexity index is 651. The Labute approximate surface area is 131 Å². The van der Waals surface area contributed by atoms with Crippen LogP contribution < -0.4 is 5.32 Å². The van der Waals surface area contributed by atoms with Crippen LogP contribution in [0.25, 0.3) is 0 Å². The summed E-state index contributed by atoms with van der Waals surface area (Å²) >= 11 is 3.10. The first-order chi connectivity index (χ1) is 9.80. The molecule has 0 aromatic heterocycles. The predicted molar refractivity (Wildman–Crippen MR) is 79.7 cm³/mol. The van der Waals surface area contributed by atoms with E-state index in [9.17, 15) is 17.6 Å². The Morgan fingerprint density at radius 2 is 2.19 bits per heavy atom. The van der Waals surface area contributed by atoms with Crippen molar-refractivity contribution in [1.82, 2.24) is 9.62 Å². The van der Waals surface area contributed by atoms with Gasteiger partial charge in [-0.3, -0.25) is 4.79 Å². The lowest BCUT2D eigenvalue weighted by Gasteiger charge is -2.32. The van der Waals surface area contributed by atoms with Crippen molar-refractivity contribution in [1.29, 1.82) is 0 Å². The molecule has 1 atom stereocenters. The summed E-state index contributed by atoms with van der Waals surface area (Å²) < 4.78 is 40.6. The number of hydrogen-bond donors (Lipinski definition) is 1. The molecule has 1 aromatic carbocycles. The number of piperidine rings is 1. The molecule has 5 nitrogen and oxygen atoms in total. The smallest absolute Gasteiger partial charge is 0.246 e. The van der Waals surface area contributed by atoms with Gasteiger partial charge in [-0.2, -0.15) is 4.31 Å². The molecular formula is C13H16BrFN2O3S. The van der Waals surface area contributed by atoms with Crippen molar-refractivity contribution < 1.29 is 17.6 Å². The van der Waals surface area contributed by atoms with Gasteiger partial charge in [0.05, 0.1) is 0 Å². The second kappa shape index (κ2) is 6.41. The van der Waals surface area contributed by atoms with Gasteiger partial charge >= 0.3 is 0 Å². The molecule has 1 saturated heterocycles. The highest BCUT2D eigenvalue weighted by molar-refractivity contribution is 9.10. The van der Waals surface area contributed by atoms with Gasteiger partial charge in [0.2, 0.25) is 15.9 Å². The van der Waals surface area contributed by atoms with Gasteiger partial charge in [0.1, 0.15) is 10.7 Å². The summed E-state index contributed by atoms with van der Waals surface area (Å²) in [6, 6.07) is 3.63. The van der Waals surface area contributed by atoms with Gasteiger partial charge < -0.3 is 5.32 Å². The largest absolute Gasteiger partial charge is 0.352 e. The van der Waals surface area contributed by atoms with E-state index in [1.54, 1.807) is 0 Å². The Morgan fingerprint density at radius 3 is 2.81 bits per heavy atom. The number of nitrogens with one attached hydrogen (secondary N) is 1. The SMILES string of the molecule is CC(=O)NC1CCCN(S(=O)(=O)c2ccc(Br)cc2F)C1. The van der Waals surface area contributed by atoms with Gasteiger partial charge in [-0.05, 0) is 31.0 Å². The number of hydrogen-bond acceptors (Lipinski definition) is 3. The standard InChI is InChI=1S/C13H16BrFN2O3S/c1-9(18)16-11-3-2-6-17(8-11)21(19,20)13-5-4-10(14)7-12(13)15/h4-5,7,11H,2-3,6,8H2,1H3,(H,16,18). The summed E-state index contributed by atoms with van der Waals surface area (Å²) in [5, 5.41) is 2.71. The maximum Gasteiger partial charge on any atom is 0.246 e. The zero-order valence-electron chi connectivity index (χ0n) is 11.5. The molecule has 2 rings (SSSR count). The van der Waals surface area contributed by atoms with E-state index in [1.807, 2.05) is 0 Å². The number of halogens is 2. The van der Waals surface area contributed by atoms with Crippen LogP contribution in [0.3, 0.4) is 0 Å². The average molecular weight is 379 g/mol. The van der Waals surface area contributed by atoms with Crippen molar-refractivity contribution in [2.24, 2.45) is 0 Å². The summed E-state index contributed by atoms with van der Waals surface area (Å²) in [5.74, 6) is -0.986. The van der Waals surface area contributed by atoms with Crippen molar-refractivity contribution in [2.75, 3.05) is 13.1 Å². The molecule has 1 heterocycles. The lowest BCUT2D eigenvalue weighted by Crippen LogP contribution is -2.49. The third-order valence-corrected chi connectivity index (χ3v) is 5.69. The molecule has 116 valence electrons. The van der Waals surface area contributed by atoms with Gasteiger partial charge in [-0.25, -0.2) is 12.8 Å². The van der Waals surface area contributed by atoms with E-state index >= 15 is 0 Å². The van der Waals surface area contributed by atoms with E-state index < -0.39 is 15.8 Å². The van der Waals surface area contributed by atoms with Gasteiger partial charge in [-0.15, -0.1) is 0 Å². The van der Waals surface area contributed by atoms with Crippen LogP contribution >= 0.6 is 15.9 Å². The molecule has 0 spiro atoms. The monoisotopic (exact) mass is 378 g/mol. The van der Waals surface area contributed by atoms with E-state index in [-0.39, 0.29) is 23.4 Å². The minimum Gasteiger partial charge on any atom is -0.352 e. The van der Waals surface area contributed by atoms with Crippen LogP contribution in [-0.2, 0) is 14.8 Å². The van der Waals surface area contributed by atoms with Crippen LogP contribution in [0.1, 0.15) is 19.8 Å². The molecule has 0 saturated carbocycles. The first kappa shape index (κ1) is 16.4. The predicted octanol–water partition coefficient (Wildman–Crippen LogP) is 1.88. The van der Waals surface area contributed by atoms with Gasteiger partial charge in [0.25, 0.3) is 0 Å². The normalized spacial score (nSPS) is 20.2. The molecule has 0 radical (unpaired) electrons. The maximum atomic E-state index is 13.9. The first-order valence-electron chi connectivity index (χ1n) is 6.53. The number of sulfonamides is 1. The summed E-state index contributed by atoms with van der Waals surface area (Å²) in [7, 11) is -3.89. The lowest BCUT2D eigenvalue weighted by molar-refractivity contribution is -0.119. The second-order valence-corrected chi connectivity index (χ2v) is 7.80. The fourth-order valence-electron chi connectivity index (χ4n) is 2.39. The van der Waals surface area contributed by atoms with Crippen molar-refractivity contribution in [3.63, 3.8) is 0 Å². The summed E-state index contributed by atoms with van der Waals surface area (Å²) in [6.07, 6.45) is 1.34. The topological polar surface area (TPSA) is 66.5 Å². The molecule has 0 bridgehead atoms. The van der Waals surface area contributed by atoms with E-state index in [2.05, 4.69) is 21.2 Å². The Kier molecular flexibility index (Phi) is 5.00. The van der Waals surface area contributed by atoms with Gasteiger partial charge in [-0.1, -0.05) is 15.9 Å². The third kappa shape index (κ3) is 3.81. The van der Waals surface area contributed by atoms with Crippen LogP contribution in [0.4, 0.5) is 4.39 Å². The summed E-state index contributed by atoms with van der Waals surface area (Å²) in [5.41, 5.74) is 0. The molecule has 1 unspecified atom stereocenters. The molecule has 1 amide bonds.